The largest absolute Gasteiger partial charge is 0.497 e. The number of aromatic nitrogens is 1. The van der Waals surface area contributed by atoms with Crippen LogP contribution in [-0.2, 0) is 0 Å². The predicted molar refractivity (Wildman–Crippen MR) is 111 cm³/mol. The second-order valence-corrected chi connectivity index (χ2v) is 6.32. The van der Waals surface area contributed by atoms with E-state index < -0.39 is 0 Å². The minimum Gasteiger partial charge on any atom is -0.497 e. The summed E-state index contributed by atoms with van der Waals surface area (Å²) < 4.78 is 10.5. The molecule has 144 valence electrons. The highest BCUT2D eigenvalue weighted by molar-refractivity contribution is 6.04. The quantitative estimate of drug-likeness (QED) is 0.651. The van der Waals surface area contributed by atoms with E-state index >= 15 is 0 Å². The Balaban J connectivity index is 1.75. The summed E-state index contributed by atoms with van der Waals surface area (Å²) in [5.41, 5.74) is 5.03. The number of methoxy groups -OCH3 is 2. The van der Waals surface area contributed by atoms with Gasteiger partial charge < -0.3 is 20.1 Å². The van der Waals surface area contributed by atoms with Crippen LogP contribution in [0.15, 0.2) is 54.7 Å². The van der Waals surface area contributed by atoms with Crippen LogP contribution >= 0.6 is 0 Å². The van der Waals surface area contributed by atoms with E-state index in [4.69, 9.17) is 9.47 Å². The molecule has 1 amide bonds. The molecule has 0 radical (unpaired) electrons. The third-order valence-corrected chi connectivity index (χ3v) is 4.53. The molecule has 0 saturated heterocycles. The molecule has 0 aliphatic rings. The van der Waals surface area contributed by atoms with Crippen LogP contribution in [0.2, 0.25) is 0 Å². The third-order valence-electron chi connectivity index (χ3n) is 4.53. The highest BCUT2D eigenvalue weighted by atomic mass is 16.5. The zero-order valence-corrected chi connectivity index (χ0v) is 16.4. The molecule has 2 aromatic carbocycles. The Morgan fingerprint density at radius 1 is 0.964 bits per heavy atom. The van der Waals surface area contributed by atoms with Gasteiger partial charge in [0.2, 0.25) is 0 Å². The first-order chi connectivity index (χ1) is 13.5. The zero-order chi connectivity index (χ0) is 20.1. The number of hydrogen-bond donors (Lipinski definition) is 2. The van der Waals surface area contributed by atoms with Gasteiger partial charge in [-0.15, -0.1) is 0 Å². The monoisotopic (exact) mass is 377 g/mol. The van der Waals surface area contributed by atoms with Gasteiger partial charge >= 0.3 is 0 Å². The van der Waals surface area contributed by atoms with Crippen molar-refractivity contribution in [2.24, 2.45) is 0 Å². The molecule has 3 rings (SSSR count). The number of aryl methyl sites for hydroxylation is 1. The van der Waals surface area contributed by atoms with Gasteiger partial charge in [0.1, 0.15) is 17.2 Å². The fourth-order valence-corrected chi connectivity index (χ4v) is 2.74. The lowest BCUT2D eigenvalue weighted by molar-refractivity contribution is 0.102. The molecule has 0 atom stereocenters. The van der Waals surface area contributed by atoms with Crippen molar-refractivity contribution in [2.45, 2.75) is 13.8 Å². The van der Waals surface area contributed by atoms with Crippen molar-refractivity contribution in [1.82, 2.24) is 4.98 Å². The summed E-state index contributed by atoms with van der Waals surface area (Å²) in [6.45, 7) is 4.13. The summed E-state index contributed by atoms with van der Waals surface area (Å²) in [5.74, 6) is 0.837. The first-order valence-corrected chi connectivity index (χ1v) is 8.84. The summed E-state index contributed by atoms with van der Waals surface area (Å²) in [4.78, 5) is 16.8. The van der Waals surface area contributed by atoms with Gasteiger partial charge in [-0.1, -0.05) is 12.1 Å². The Hall–Kier alpha value is -3.54. The maximum Gasteiger partial charge on any atom is 0.274 e. The molecule has 6 nitrogen and oxygen atoms in total. The highest BCUT2D eigenvalue weighted by Gasteiger charge is 2.12. The second kappa shape index (κ2) is 8.43. The molecule has 0 bridgehead atoms. The van der Waals surface area contributed by atoms with Crippen LogP contribution in [0.1, 0.15) is 21.6 Å². The summed E-state index contributed by atoms with van der Waals surface area (Å²) >= 11 is 0. The van der Waals surface area contributed by atoms with Crippen molar-refractivity contribution in [2.75, 3.05) is 24.9 Å². The number of hydrogen-bond acceptors (Lipinski definition) is 5. The van der Waals surface area contributed by atoms with E-state index in [0.29, 0.717) is 22.9 Å². The van der Waals surface area contributed by atoms with Gasteiger partial charge in [-0.25, -0.2) is 4.98 Å². The van der Waals surface area contributed by atoms with E-state index in [9.17, 15) is 4.79 Å². The molecule has 0 fully saturated rings. The van der Waals surface area contributed by atoms with Crippen LogP contribution in [0.25, 0.3) is 0 Å². The minimum absolute atomic E-state index is 0.302. The molecule has 2 N–H and O–H groups in total. The first kappa shape index (κ1) is 19.2. The predicted octanol–water partition coefficient (Wildman–Crippen LogP) is 4.71. The Labute approximate surface area is 164 Å². The van der Waals surface area contributed by atoms with E-state index in [2.05, 4.69) is 35.5 Å². The number of pyridine rings is 1. The average Bonchev–Trinajstić information content (AvgIpc) is 2.71. The smallest absolute Gasteiger partial charge is 0.274 e. The number of benzene rings is 2. The van der Waals surface area contributed by atoms with Crippen molar-refractivity contribution in [3.05, 3.63) is 71.5 Å². The normalized spacial score (nSPS) is 10.3. The lowest BCUT2D eigenvalue weighted by Crippen LogP contribution is -2.14. The van der Waals surface area contributed by atoms with Crippen LogP contribution in [0.3, 0.4) is 0 Å². The third kappa shape index (κ3) is 4.23. The van der Waals surface area contributed by atoms with Gasteiger partial charge in [0.05, 0.1) is 31.8 Å². The lowest BCUT2D eigenvalue weighted by Gasteiger charge is -2.13. The van der Waals surface area contributed by atoms with Gasteiger partial charge in [-0.3, -0.25) is 4.79 Å². The number of nitrogens with zero attached hydrogens (tertiary/aromatic N) is 1. The first-order valence-electron chi connectivity index (χ1n) is 8.84. The number of anilines is 3. The summed E-state index contributed by atoms with van der Waals surface area (Å²) in [7, 11) is 3.11. The lowest BCUT2D eigenvalue weighted by atomic mass is 10.1. The average molecular weight is 377 g/mol. The molecule has 3 aromatic rings. The van der Waals surface area contributed by atoms with Crippen LogP contribution < -0.4 is 20.1 Å². The molecule has 0 unspecified atom stereocenters. The Bertz CT molecular complexity index is 985. The molecular formula is C22H23N3O3. The van der Waals surface area contributed by atoms with E-state index in [0.717, 1.165) is 11.4 Å². The molecule has 0 aliphatic carbocycles. The summed E-state index contributed by atoms with van der Waals surface area (Å²) in [6, 6.07) is 14.8. The topological polar surface area (TPSA) is 72.5 Å². The second-order valence-electron chi connectivity index (χ2n) is 6.32. The van der Waals surface area contributed by atoms with E-state index in [1.165, 1.54) is 11.1 Å². The van der Waals surface area contributed by atoms with Gasteiger partial charge in [0, 0.05) is 11.8 Å². The van der Waals surface area contributed by atoms with Gasteiger partial charge in [-0.05, 0) is 55.3 Å². The SMILES string of the molecule is COc1ccc(OC)c(NC(=O)c2ccc(Nc3cccc(C)c3C)cn2)c1. The fourth-order valence-electron chi connectivity index (χ4n) is 2.74. The van der Waals surface area contributed by atoms with Crippen LogP contribution in [0.4, 0.5) is 17.1 Å². The molecular weight excluding hydrogens is 354 g/mol. The Morgan fingerprint density at radius 3 is 2.46 bits per heavy atom. The Kier molecular flexibility index (Phi) is 5.79. The number of carbonyl (C=O) groups is 1. The van der Waals surface area contributed by atoms with Gasteiger partial charge in [0.15, 0.2) is 0 Å². The maximum atomic E-state index is 12.6. The fraction of sp³-hybridized carbons (Fsp3) is 0.182. The van der Waals surface area contributed by atoms with Crippen molar-refractivity contribution < 1.29 is 14.3 Å². The molecule has 0 aliphatic heterocycles. The summed E-state index contributed by atoms with van der Waals surface area (Å²) in [5, 5.41) is 6.14. The van der Waals surface area contributed by atoms with E-state index in [1.54, 1.807) is 44.7 Å². The minimum atomic E-state index is -0.329. The van der Waals surface area contributed by atoms with Crippen molar-refractivity contribution in [3.8, 4) is 11.5 Å². The standard InChI is InChI=1S/C22H23N3O3/c1-14-6-5-7-18(15(14)2)24-16-8-10-19(23-13-16)22(26)25-20-12-17(27-3)9-11-21(20)28-4/h5-13,24H,1-4H3,(H,25,26). The van der Waals surface area contributed by atoms with Gasteiger partial charge in [0.25, 0.3) is 5.91 Å². The highest BCUT2D eigenvalue weighted by Crippen LogP contribution is 2.29. The molecule has 28 heavy (non-hydrogen) atoms. The number of amides is 1. The number of nitrogens with one attached hydrogen (secondary N) is 2. The molecule has 0 saturated carbocycles. The maximum absolute atomic E-state index is 12.6. The molecule has 0 spiro atoms. The van der Waals surface area contributed by atoms with E-state index in [1.807, 2.05) is 18.2 Å². The van der Waals surface area contributed by atoms with Crippen LogP contribution in [0, 0.1) is 13.8 Å². The number of carbonyl (C=O) groups excluding carboxylic acids is 1. The van der Waals surface area contributed by atoms with E-state index in [-0.39, 0.29) is 5.91 Å². The Morgan fingerprint density at radius 2 is 1.79 bits per heavy atom. The van der Waals surface area contributed by atoms with Crippen LogP contribution in [0.5, 0.6) is 11.5 Å². The molecule has 6 heteroatoms. The number of rotatable bonds is 6. The molecule has 1 aromatic heterocycles. The molecule has 1 heterocycles. The number of ether oxygens (including phenoxy) is 2. The van der Waals surface area contributed by atoms with Crippen molar-refractivity contribution in [1.29, 1.82) is 0 Å². The zero-order valence-electron chi connectivity index (χ0n) is 16.4. The van der Waals surface area contributed by atoms with Crippen molar-refractivity contribution in [3.63, 3.8) is 0 Å². The van der Waals surface area contributed by atoms with Crippen LogP contribution in [-0.4, -0.2) is 25.1 Å². The van der Waals surface area contributed by atoms with Crippen molar-refractivity contribution >= 4 is 23.0 Å². The summed E-state index contributed by atoms with van der Waals surface area (Å²) in [6.07, 6.45) is 1.64. The van der Waals surface area contributed by atoms with Gasteiger partial charge in [-0.2, -0.15) is 0 Å².